The van der Waals surface area contributed by atoms with Crippen molar-refractivity contribution in [3.8, 4) is 0 Å². The minimum Gasteiger partial charge on any atom is -0.393 e. The van der Waals surface area contributed by atoms with Gasteiger partial charge in [0.25, 0.3) is 5.56 Å². The minimum atomic E-state index is -4.87. The molecule has 1 aromatic heterocycles. The quantitative estimate of drug-likeness (QED) is 0.746. The number of nitrogens with one attached hydrogen (secondary N) is 1. The van der Waals surface area contributed by atoms with E-state index in [9.17, 15) is 22.8 Å². The van der Waals surface area contributed by atoms with Gasteiger partial charge in [-0.2, -0.15) is 13.2 Å². The molecule has 0 bridgehead atoms. The van der Waals surface area contributed by atoms with Crippen molar-refractivity contribution >= 4 is 0 Å². The van der Waals surface area contributed by atoms with Crippen molar-refractivity contribution in [2.45, 2.75) is 18.5 Å². The molecule has 0 unspecified atom stereocenters. The Labute approximate surface area is 103 Å². The van der Waals surface area contributed by atoms with Gasteiger partial charge in [0.1, 0.15) is 11.7 Å². The van der Waals surface area contributed by atoms with Crippen LogP contribution in [0.1, 0.15) is 11.8 Å². The Hall–Kier alpha value is -1.87. The van der Waals surface area contributed by atoms with Crippen LogP contribution in [0.5, 0.6) is 0 Å². The monoisotopic (exact) mass is 278 g/mol. The fourth-order valence-corrected chi connectivity index (χ4v) is 1.63. The van der Waals surface area contributed by atoms with Crippen LogP contribution in [0.4, 0.5) is 13.2 Å². The van der Waals surface area contributed by atoms with Gasteiger partial charge in [0.2, 0.25) is 0 Å². The maximum absolute atomic E-state index is 12.6. The number of ether oxygens (including phenoxy) is 1. The summed E-state index contributed by atoms with van der Waals surface area (Å²) in [6.07, 6.45) is -3.53. The zero-order valence-corrected chi connectivity index (χ0v) is 9.35. The van der Waals surface area contributed by atoms with Gasteiger partial charge in [-0.1, -0.05) is 6.08 Å². The van der Waals surface area contributed by atoms with Gasteiger partial charge in [-0.25, -0.2) is 4.79 Å². The van der Waals surface area contributed by atoms with E-state index in [-0.39, 0.29) is 6.61 Å². The Morgan fingerprint density at radius 1 is 1.37 bits per heavy atom. The van der Waals surface area contributed by atoms with Crippen LogP contribution in [-0.2, 0) is 10.9 Å². The summed E-state index contributed by atoms with van der Waals surface area (Å²) < 4.78 is 43.4. The second-order valence-electron chi connectivity index (χ2n) is 3.84. The highest BCUT2D eigenvalue weighted by Crippen LogP contribution is 2.27. The SMILES string of the molecule is O=c1[nH]c(=O)n([C@H]2C=C[C@@H](CO)O2)cc1C(F)(F)F. The molecule has 0 fully saturated rings. The zero-order chi connectivity index (χ0) is 14.2. The number of aliphatic hydroxyl groups is 1. The second kappa shape index (κ2) is 4.67. The first-order valence-electron chi connectivity index (χ1n) is 5.20. The lowest BCUT2D eigenvalue weighted by Gasteiger charge is -2.16. The van der Waals surface area contributed by atoms with E-state index in [0.29, 0.717) is 10.8 Å². The fourth-order valence-electron chi connectivity index (χ4n) is 1.63. The molecule has 1 aliphatic heterocycles. The summed E-state index contributed by atoms with van der Waals surface area (Å²) in [5, 5.41) is 8.83. The Kier molecular flexibility index (Phi) is 3.33. The summed E-state index contributed by atoms with van der Waals surface area (Å²) in [5.41, 5.74) is -4.02. The maximum atomic E-state index is 12.6. The Morgan fingerprint density at radius 2 is 2.05 bits per heavy atom. The molecule has 2 heterocycles. The Balaban J connectivity index is 2.46. The molecular weight excluding hydrogens is 269 g/mol. The largest absolute Gasteiger partial charge is 0.423 e. The molecule has 104 valence electrons. The molecule has 2 rings (SSSR count). The van der Waals surface area contributed by atoms with Crippen molar-refractivity contribution in [1.29, 1.82) is 0 Å². The topological polar surface area (TPSA) is 84.3 Å². The summed E-state index contributed by atoms with van der Waals surface area (Å²) in [4.78, 5) is 24.1. The van der Waals surface area contributed by atoms with E-state index in [1.165, 1.54) is 12.2 Å². The summed E-state index contributed by atoms with van der Waals surface area (Å²) in [6, 6.07) is 0. The minimum absolute atomic E-state index is 0.364. The number of alkyl halides is 3. The predicted octanol–water partition coefficient (Wildman–Crippen LogP) is 0.00130. The summed E-state index contributed by atoms with van der Waals surface area (Å²) >= 11 is 0. The van der Waals surface area contributed by atoms with Gasteiger partial charge < -0.3 is 9.84 Å². The number of aromatic amines is 1. The number of rotatable bonds is 2. The molecule has 2 N–H and O–H groups in total. The lowest BCUT2D eigenvalue weighted by molar-refractivity contribution is -0.139. The van der Waals surface area contributed by atoms with Crippen LogP contribution in [0.25, 0.3) is 0 Å². The van der Waals surface area contributed by atoms with Crippen LogP contribution < -0.4 is 11.2 Å². The number of aromatic nitrogens is 2. The lowest BCUT2D eigenvalue weighted by Crippen LogP contribution is -2.36. The van der Waals surface area contributed by atoms with Gasteiger partial charge in [-0.05, 0) is 6.08 Å². The van der Waals surface area contributed by atoms with E-state index in [1.807, 2.05) is 0 Å². The van der Waals surface area contributed by atoms with Crippen LogP contribution in [0.15, 0.2) is 27.9 Å². The molecule has 0 saturated carbocycles. The third kappa shape index (κ3) is 2.61. The van der Waals surface area contributed by atoms with Gasteiger partial charge in [0, 0.05) is 6.20 Å². The van der Waals surface area contributed by atoms with Gasteiger partial charge in [-0.15, -0.1) is 0 Å². The highest BCUT2D eigenvalue weighted by molar-refractivity contribution is 5.11. The van der Waals surface area contributed by atoms with Gasteiger partial charge in [-0.3, -0.25) is 14.3 Å². The van der Waals surface area contributed by atoms with Crippen LogP contribution in [0.2, 0.25) is 0 Å². The van der Waals surface area contributed by atoms with E-state index in [2.05, 4.69) is 0 Å². The van der Waals surface area contributed by atoms with E-state index >= 15 is 0 Å². The average molecular weight is 278 g/mol. The normalized spacial score (nSPS) is 22.9. The summed E-state index contributed by atoms with van der Waals surface area (Å²) in [5.74, 6) is 0. The van der Waals surface area contributed by atoms with Crippen molar-refractivity contribution in [2.24, 2.45) is 0 Å². The van der Waals surface area contributed by atoms with Crippen molar-refractivity contribution < 1.29 is 23.0 Å². The van der Waals surface area contributed by atoms with Gasteiger partial charge in [0.05, 0.1) is 6.61 Å². The maximum Gasteiger partial charge on any atom is 0.423 e. The number of hydrogen-bond donors (Lipinski definition) is 2. The first kappa shape index (κ1) is 13.6. The number of H-pyrrole nitrogens is 1. The number of hydrogen-bond acceptors (Lipinski definition) is 4. The Morgan fingerprint density at radius 3 is 2.58 bits per heavy atom. The van der Waals surface area contributed by atoms with Crippen molar-refractivity contribution in [1.82, 2.24) is 9.55 Å². The molecule has 1 aromatic rings. The molecule has 0 amide bonds. The molecule has 0 spiro atoms. The van der Waals surface area contributed by atoms with E-state index in [0.717, 1.165) is 0 Å². The van der Waals surface area contributed by atoms with E-state index in [4.69, 9.17) is 9.84 Å². The molecule has 0 saturated heterocycles. The highest BCUT2D eigenvalue weighted by Gasteiger charge is 2.35. The second-order valence-corrected chi connectivity index (χ2v) is 3.84. The standard InChI is InChI=1S/C10H9F3N2O4/c11-10(12,13)6-3-15(9(18)14-8(6)17)7-2-1-5(4-16)19-7/h1-3,5,7,16H,4H2,(H,14,17,18)/t5-,7+/m0/s1. The summed E-state index contributed by atoms with van der Waals surface area (Å²) in [7, 11) is 0. The van der Waals surface area contributed by atoms with Gasteiger partial charge >= 0.3 is 11.9 Å². The Bertz CT molecular complexity index is 616. The zero-order valence-electron chi connectivity index (χ0n) is 9.35. The summed E-state index contributed by atoms with van der Waals surface area (Å²) in [6.45, 7) is -0.364. The third-order valence-corrected chi connectivity index (χ3v) is 2.53. The van der Waals surface area contributed by atoms with Crippen LogP contribution in [0.3, 0.4) is 0 Å². The molecule has 0 aromatic carbocycles. The predicted molar refractivity (Wildman–Crippen MR) is 56.5 cm³/mol. The van der Waals surface area contributed by atoms with Gasteiger partial charge in [0.15, 0.2) is 6.23 Å². The third-order valence-electron chi connectivity index (χ3n) is 2.53. The smallest absolute Gasteiger partial charge is 0.393 e. The number of nitrogens with zero attached hydrogens (tertiary/aromatic N) is 1. The van der Waals surface area contributed by atoms with Crippen LogP contribution >= 0.6 is 0 Å². The molecule has 2 atom stereocenters. The fraction of sp³-hybridized carbons (Fsp3) is 0.400. The molecule has 6 nitrogen and oxygen atoms in total. The van der Waals surface area contributed by atoms with E-state index in [1.54, 1.807) is 4.98 Å². The van der Waals surface area contributed by atoms with Crippen molar-refractivity contribution in [2.75, 3.05) is 6.61 Å². The molecule has 0 radical (unpaired) electrons. The first-order chi connectivity index (χ1) is 8.82. The van der Waals surface area contributed by atoms with E-state index < -0.39 is 35.3 Å². The highest BCUT2D eigenvalue weighted by atomic mass is 19.4. The molecular formula is C10H9F3N2O4. The average Bonchev–Trinajstić information content (AvgIpc) is 2.75. The first-order valence-corrected chi connectivity index (χ1v) is 5.20. The van der Waals surface area contributed by atoms with Crippen LogP contribution in [0, 0.1) is 0 Å². The number of halogens is 3. The molecule has 1 aliphatic rings. The number of aliphatic hydroxyl groups excluding tert-OH is 1. The molecule has 9 heteroatoms. The lowest BCUT2D eigenvalue weighted by atomic mass is 10.3. The molecule has 0 aliphatic carbocycles. The van der Waals surface area contributed by atoms with Crippen molar-refractivity contribution in [3.05, 3.63) is 44.8 Å². The van der Waals surface area contributed by atoms with Crippen molar-refractivity contribution in [3.63, 3.8) is 0 Å². The van der Waals surface area contributed by atoms with Crippen LogP contribution in [-0.4, -0.2) is 27.4 Å². The molecule has 19 heavy (non-hydrogen) atoms.